The molecule has 1 fully saturated rings. The highest BCUT2D eigenvalue weighted by atomic mass is 19.4. The van der Waals surface area contributed by atoms with Crippen molar-refractivity contribution in [1.29, 1.82) is 0 Å². The minimum Gasteiger partial charge on any atom is -0.326 e. The van der Waals surface area contributed by atoms with Crippen molar-refractivity contribution in [3.63, 3.8) is 0 Å². The first kappa shape index (κ1) is 11.8. The van der Waals surface area contributed by atoms with Crippen LogP contribution < -0.4 is 5.73 Å². The number of hydrogen-bond donors (Lipinski definition) is 1. The third-order valence-corrected chi connectivity index (χ3v) is 2.99. The van der Waals surface area contributed by atoms with E-state index in [4.69, 9.17) is 5.73 Å². The van der Waals surface area contributed by atoms with Crippen molar-refractivity contribution < 1.29 is 13.2 Å². The maximum Gasteiger partial charge on any atom is 0.391 e. The first-order chi connectivity index (χ1) is 6.32. The van der Waals surface area contributed by atoms with Crippen molar-refractivity contribution in [2.45, 2.75) is 37.5 Å². The zero-order chi connectivity index (χ0) is 10.9. The number of alkyl halides is 3. The average molecular weight is 210 g/mol. The molecule has 84 valence electrons. The Morgan fingerprint density at radius 1 is 1.21 bits per heavy atom. The molecule has 14 heavy (non-hydrogen) atoms. The van der Waals surface area contributed by atoms with E-state index in [-0.39, 0.29) is 24.9 Å². The van der Waals surface area contributed by atoms with Crippen LogP contribution in [0.5, 0.6) is 0 Å². The number of nitrogens with two attached hydrogens (primary N) is 1. The summed E-state index contributed by atoms with van der Waals surface area (Å²) in [5.74, 6) is -1.20. The molecule has 0 aliphatic heterocycles. The Labute approximate surface area is 82.2 Å². The van der Waals surface area contributed by atoms with E-state index in [9.17, 15) is 13.2 Å². The first-order valence-electron chi connectivity index (χ1n) is 4.81. The molecule has 1 aliphatic rings. The van der Waals surface area contributed by atoms with Gasteiger partial charge in [0.05, 0.1) is 5.92 Å². The summed E-state index contributed by atoms with van der Waals surface area (Å²) in [6.45, 7) is 0. The second-order valence-corrected chi connectivity index (χ2v) is 4.25. The Hall–Kier alpha value is -0.290. The van der Waals surface area contributed by atoms with Gasteiger partial charge in [0.1, 0.15) is 0 Å². The van der Waals surface area contributed by atoms with Gasteiger partial charge in [-0.3, -0.25) is 0 Å². The Kier molecular flexibility index (Phi) is 3.42. The van der Waals surface area contributed by atoms with Gasteiger partial charge in [-0.2, -0.15) is 13.2 Å². The highest BCUT2D eigenvalue weighted by Gasteiger charge is 2.44. The maximum atomic E-state index is 12.4. The zero-order valence-corrected chi connectivity index (χ0v) is 8.51. The summed E-state index contributed by atoms with van der Waals surface area (Å²) in [6.07, 6.45) is -3.26. The molecule has 1 rings (SSSR count). The van der Waals surface area contributed by atoms with Crippen LogP contribution in [0.1, 0.15) is 19.3 Å². The summed E-state index contributed by atoms with van der Waals surface area (Å²) in [7, 11) is 3.72. The average Bonchev–Trinajstić information content (AvgIpc) is 2.01. The minimum atomic E-state index is -4.07. The molecule has 0 radical (unpaired) electrons. The zero-order valence-electron chi connectivity index (χ0n) is 8.51. The molecule has 0 bridgehead atoms. The van der Waals surface area contributed by atoms with Gasteiger partial charge in [-0.1, -0.05) is 0 Å². The molecule has 2 N–H and O–H groups in total. The number of rotatable bonds is 1. The van der Waals surface area contributed by atoms with Crippen molar-refractivity contribution >= 4 is 0 Å². The van der Waals surface area contributed by atoms with Crippen LogP contribution in [0.15, 0.2) is 0 Å². The smallest absolute Gasteiger partial charge is 0.326 e. The molecule has 1 aliphatic carbocycles. The van der Waals surface area contributed by atoms with E-state index in [2.05, 4.69) is 0 Å². The third kappa shape index (κ3) is 2.60. The number of likely N-dealkylation sites (N-methyl/N-ethyl adjacent to an activating group) is 1. The summed E-state index contributed by atoms with van der Waals surface area (Å²) in [6, 6.07) is -0.265. The fourth-order valence-electron chi connectivity index (χ4n) is 2.13. The molecule has 2 unspecified atom stereocenters. The van der Waals surface area contributed by atoms with Crippen LogP contribution in [0.3, 0.4) is 0 Å². The van der Waals surface area contributed by atoms with Crippen LogP contribution in [0.2, 0.25) is 0 Å². The summed E-state index contributed by atoms with van der Waals surface area (Å²) in [5, 5.41) is 0. The lowest BCUT2D eigenvalue weighted by Crippen LogP contribution is -2.50. The first-order valence-corrected chi connectivity index (χ1v) is 4.81. The molecule has 5 heteroatoms. The van der Waals surface area contributed by atoms with Gasteiger partial charge in [0.2, 0.25) is 0 Å². The molecule has 0 amide bonds. The van der Waals surface area contributed by atoms with E-state index >= 15 is 0 Å². The Morgan fingerprint density at radius 3 is 2.14 bits per heavy atom. The van der Waals surface area contributed by atoms with E-state index in [1.165, 1.54) is 0 Å². The van der Waals surface area contributed by atoms with Gasteiger partial charge in [0, 0.05) is 12.1 Å². The van der Waals surface area contributed by atoms with Crippen LogP contribution in [-0.4, -0.2) is 37.3 Å². The van der Waals surface area contributed by atoms with Crippen molar-refractivity contribution in [3.8, 4) is 0 Å². The van der Waals surface area contributed by atoms with Gasteiger partial charge >= 0.3 is 6.18 Å². The summed E-state index contributed by atoms with van der Waals surface area (Å²) in [5.41, 5.74) is 5.73. The Bertz CT molecular complexity index is 191. The second kappa shape index (κ2) is 4.06. The maximum absolute atomic E-state index is 12.4. The largest absolute Gasteiger partial charge is 0.391 e. The van der Waals surface area contributed by atoms with Gasteiger partial charge in [0.25, 0.3) is 0 Å². The Balaban J connectivity index is 2.55. The molecule has 0 aromatic carbocycles. The third-order valence-electron chi connectivity index (χ3n) is 2.99. The normalized spacial score (nSPS) is 34.9. The highest BCUT2D eigenvalue weighted by molar-refractivity contribution is 4.89. The predicted molar refractivity (Wildman–Crippen MR) is 48.8 cm³/mol. The predicted octanol–water partition coefficient (Wildman–Crippen LogP) is 1.61. The molecular formula is C9H17F3N2. The van der Waals surface area contributed by atoms with E-state index in [0.717, 1.165) is 0 Å². The van der Waals surface area contributed by atoms with Crippen LogP contribution in [0.4, 0.5) is 13.2 Å². The van der Waals surface area contributed by atoms with E-state index < -0.39 is 12.1 Å². The summed E-state index contributed by atoms with van der Waals surface area (Å²) >= 11 is 0. The number of halogens is 3. The topological polar surface area (TPSA) is 29.3 Å². The summed E-state index contributed by atoms with van der Waals surface area (Å²) < 4.78 is 37.1. The van der Waals surface area contributed by atoms with E-state index in [1.807, 2.05) is 19.0 Å². The monoisotopic (exact) mass is 210 g/mol. The van der Waals surface area contributed by atoms with Crippen LogP contribution in [0.25, 0.3) is 0 Å². The molecule has 0 saturated heterocycles. The van der Waals surface area contributed by atoms with Crippen molar-refractivity contribution in [2.24, 2.45) is 11.7 Å². The number of nitrogens with zero attached hydrogens (tertiary/aromatic N) is 1. The molecule has 0 heterocycles. The lowest BCUT2D eigenvalue weighted by Gasteiger charge is -2.38. The van der Waals surface area contributed by atoms with E-state index in [0.29, 0.717) is 6.42 Å². The highest BCUT2D eigenvalue weighted by Crippen LogP contribution is 2.37. The molecule has 0 spiro atoms. The molecule has 0 aromatic rings. The van der Waals surface area contributed by atoms with Crippen LogP contribution in [-0.2, 0) is 0 Å². The minimum absolute atomic E-state index is 0.0619. The van der Waals surface area contributed by atoms with Gasteiger partial charge in [-0.15, -0.1) is 0 Å². The molecular weight excluding hydrogens is 193 g/mol. The number of hydrogen-bond acceptors (Lipinski definition) is 2. The second-order valence-electron chi connectivity index (χ2n) is 4.25. The standard InChI is InChI=1S/C9H17F3N2/c1-14(2)8-4-3-6(5-7(8)13)9(10,11)12/h6-8H,3-5,13H2,1-2H3/t6?,7?,8-/m1/s1. The van der Waals surface area contributed by atoms with Crippen molar-refractivity contribution in [1.82, 2.24) is 4.90 Å². The lowest BCUT2D eigenvalue weighted by atomic mass is 9.82. The van der Waals surface area contributed by atoms with Crippen LogP contribution in [0, 0.1) is 5.92 Å². The van der Waals surface area contributed by atoms with Gasteiger partial charge in [0.15, 0.2) is 0 Å². The van der Waals surface area contributed by atoms with Gasteiger partial charge in [-0.25, -0.2) is 0 Å². The lowest BCUT2D eigenvalue weighted by molar-refractivity contribution is -0.185. The van der Waals surface area contributed by atoms with Gasteiger partial charge < -0.3 is 10.6 Å². The quantitative estimate of drug-likeness (QED) is 0.712. The molecule has 3 atom stereocenters. The van der Waals surface area contributed by atoms with Crippen molar-refractivity contribution in [3.05, 3.63) is 0 Å². The molecule has 1 saturated carbocycles. The van der Waals surface area contributed by atoms with E-state index in [1.54, 1.807) is 0 Å². The Morgan fingerprint density at radius 2 is 1.79 bits per heavy atom. The van der Waals surface area contributed by atoms with Crippen molar-refractivity contribution in [2.75, 3.05) is 14.1 Å². The molecule has 0 aromatic heterocycles. The van der Waals surface area contributed by atoms with Gasteiger partial charge in [-0.05, 0) is 33.4 Å². The fourth-order valence-corrected chi connectivity index (χ4v) is 2.13. The SMILES string of the molecule is CN(C)[C@@H]1CCC(C(F)(F)F)CC1N. The summed E-state index contributed by atoms with van der Waals surface area (Å²) in [4.78, 5) is 1.91. The van der Waals surface area contributed by atoms with Crippen LogP contribution >= 0.6 is 0 Å². The molecule has 2 nitrogen and oxygen atoms in total. The fraction of sp³-hybridized carbons (Fsp3) is 1.00.